The second-order valence-electron chi connectivity index (χ2n) is 5.39. The maximum absolute atomic E-state index is 12.3. The molecule has 2 atom stereocenters. The predicted octanol–water partition coefficient (Wildman–Crippen LogP) is 2.60. The zero-order chi connectivity index (χ0) is 15.7. The molecule has 0 bridgehead atoms. The highest BCUT2D eigenvalue weighted by Crippen LogP contribution is 2.37. The molecule has 1 heterocycles. The fourth-order valence-corrected chi connectivity index (χ4v) is 2.35. The Labute approximate surface area is 120 Å². The first-order chi connectivity index (χ1) is 9.69. The number of aliphatic hydroxyl groups is 1. The number of hydrogen-bond acceptors (Lipinski definition) is 4. The van der Waals surface area contributed by atoms with Gasteiger partial charge in [0.05, 0.1) is 11.6 Å². The molecule has 1 aliphatic heterocycles. The number of hydroxylamine groups is 2. The third-order valence-corrected chi connectivity index (χ3v) is 3.47. The Balaban J connectivity index is 2.20. The molecular formula is C14H16F3NO3. The number of rotatable bonds is 2. The lowest BCUT2D eigenvalue weighted by Crippen LogP contribution is -2.46. The molecule has 0 spiro atoms. The van der Waals surface area contributed by atoms with Crippen molar-refractivity contribution in [3.63, 3.8) is 0 Å². The lowest BCUT2D eigenvalue weighted by molar-refractivity contribution is -0.259. The molecule has 1 aromatic carbocycles. The van der Waals surface area contributed by atoms with Crippen molar-refractivity contribution in [3.05, 3.63) is 35.9 Å². The molecule has 0 saturated carbocycles. The van der Waals surface area contributed by atoms with Crippen LogP contribution in [0.3, 0.4) is 0 Å². The summed E-state index contributed by atoms with van der Waals surface area (Å²) in [6.45, 7) is 1.65. The number of halogens is 3. The Morgan fingerprint density at radius 1 is 1.38 bits per heavy atom. The molecule has 4 nitrogen and oxygen atoms in total. The molecule has 116 valence electrons. The van der Waals surface area contributed by atoms with Gasteiger partial charge >= 0.3 is 12.1 Å². The first kappa shape index (κ1) is 15.8. The van der Waals surface area contributed by atoms with Gasteiger partial charge in [0.2, 0.25) is 0 Å². The summed E-state index contributed by atoms with van der Waals surface area (Å²) in [6, 6.07) is 8.09. The molecule has 1 N–H and O–H groups in total. The van der Waals surface area contributed by atoms with Crippen LogP contribution in [-0.2, 0) is 9.63 Å². The van der Waals surface area contributed by atoms with Crippen LogP contribution in [0.4, 0.5) is 13.2 Å². The van der Waals surface area contributed by atoms with Crippen LogP contribution in [0.15, 0.2) is 30.3 Å². The third kappa shape index (κ3) is 3.95. The topological polar surface area (TPSA) is 49.8 Å². The molecule has 7 heteroatoms. The van der Waals surface area contributed by atoms with Crippen LogP contribution in [0.5, 0.6) is 0 Å². The van der Waals surface area contributed by atoms with Crippen molar-refractivity contribution in [2.75, 3.05) is 6.54 Å². The van der Waals surface area contributed by atoms with Crippen LogP contribution in [0.1, 0.15) is 31.4 Å². The van der Waals surface area contributed by atoms with E-state index < -0.39 is 23.8 Å². The van der Waals surface area contributed by atoms with Crippen molar-refractivity contribution in [2.45, 2.75) is 37.6 Å². The van der Waals surface area contributed by atoms with Gasteiger partial charge in [-0.05, 0) is 25.3 Å². The average molecular weight is 303 g/mol. The van der Waals surface area contributed by atoms with E-state index in [4.69, 9.17) is 0 Å². The highest BCUT2D eigenvalue weighted by Gasteiger charge is 2.45. The summed E-state index contributed by atoms with van der Waals surface area (Å²) in [5.74, 6) is -2.25. The molecule has 0 aromatic heterocycles. The Hall–Kier alpha value is -1.60. The van der Waals surface area contributed by atoms with Crippen molar-refractivity contribution < 1.29 is 27.9 Å². The summed E-state index contributed by atoms with van der Waals surface area (Å²) in [5, 5.41) is 11.1. The Morgan fingerprint density at radius 3 is 2.57 bits per heavy atom. The van der Waals surface area contributed by atoms with E-state index >= 15 is 0 Å². The van der Waals surface area contributed by atoms with Crippen molar-refractivity contribution in [1.29, 1.82) is 0 Å². The first-order valence-electron chi connectivity index (χ1n) is 6.52. The largest absolute Gasteiger partial charge is 0.492 e. The number of carbonyl (C=O) groups excluding carboxylic acids is 1. The minimum atomic E-state index is -5.04. The highest BCUT2D eigenvalue weighted by molar-refractivity contribution is 5.75. The fraction of sp³-hybridized carbons (Fsp3) is 0.500. The van der Waals surface area contributed by atoms with Crippen LogP contribution in [0.2, 0.25) is 0 Å². The molecule has 2 rings (SSSR count). The highest BCUT2D eigenvalue weighted by atomic mass is 19.4. The van der Waals surface area contributed by atoms with Gasteiger partial charge in [0.1, 0.15) is 0 Å². The van der Waals surface area contributed by atoms with E-state index in [0.717, 1.165) is 5.06 Å². The van der Waals surface area contributed by atoms with Gasteiger partial charge in [0.25, 0.3) is 0 Å². The predicted molar refractivity (Wildman–Crippen MR) is 67.9 cm³/mol. The van der Waals surface area contributed by atoms with E-state index in [2.05, 4.69) is 4.84 Å². The molecule has 1 fully saturated rings. The molecule has 1 aromatic rings. The SMILES string of the molecule is C[C@@]1(O)CCN(OC(=O)C(F)(F)F)[C@@H](c2ccccc2)C1. The number of nitrogens with zero attached hydrogens (tertiary/aromatic N) is 1. The van der Waals surface area contributed by atoms with Gasteiger partial charge in [0.15, 0.2) is 0 Å². The lowest BCUT2D eigenvalue weighted by atomic mass is 9.86. The van der Waals surface area contributed by atoms with E-state index in [-0.39, 0.29) is 19.4 Å². The number of alkyl halides is 3. The molecule has 0 amide bonds. The molecule has 0 unspecified atom stereocenters. The fourth-order valence-electron chi connectivity index (χ4n) is 2.35. The van der Waals surface area contributed by atoms with Crippen LogP contribution in [0, 0.1) is 0 Å². The van der Waals surface area contributed by atoms with Crippen molar-refractivity contribution >= 4 is 5.97 Å². The summed E-state index contributed by atoms with van der Waals surface area (Å²) >= 11 is 0. The monoisotopic (exact) mass is 303 g/mol. The maximum atomic E-state index is 12.3. The maximum Gasteiger partial charge on any atom is 0.492 e. The van der Waals surface area contributed by atoms with Crippen LogP contribution >= 0.6 is 0 Å². The number of benzene rings is 1. The normalized spacial score (nSPS) is 27.4. The molecule has 1 saturated heterocycles. The van der Waals surface area contributed by atoms with Gasteiger partial charge in [0, 0.05) is 6.54 Å². The van der Waals surface area contributed by atoms with Crippen LogP contribution in [0.25, 0.3) is 0 Å². The summed E-state index contributed by atoms with van der Waals surface area (Å²) in [6.07, 6.45) is -4.63. The molecular weight excluding hydrogens is 287 g/mol. The minimum absolute atomic E-state index is 0.0361. The zero-order valence-electron chi connectivity index (χ0n) is 11.4. The third-order valence-electron chi connectivity index (χ3n) is 3.47. The standard InChI is InChI=1S/C14H16F3NO3/c1-13(20)7-8-18(21-12(19)14(15,16)17)11(9-13)10-5-3-2-4-6-10/h2-6,11,20H,7-9H2,1H3/t11-,13-/m1/s1. The molecule has 0 radical (unpaired) electrons. The Morgan fingerprint density at radius 2 is 2.00 bits per heavy atom. The van der Waals surface area contributed by atoms with E-state index in [9.17, 15) is 23.1 Å². The second kappa shape index (κ2) is 5.65. The van der Waals surface area contributed by atoms with Gasteiger partial charge in [-0.15, -0.1) is 5.06 Å². The number of carbonyl (C=O) groups is 1. The van der Waals surface area contributed by atoms with Gasteiger partial charge < -0.3 is 9.94 Å². The average Bonchev–Trinajstić information content (AvgIpc) is 2.40. The molecule has 0 aliphatic carbocycles. The van der Waals surface area contributed by atoms with Crippen LogP contribution in [-0.4, -0.2) is 34.5 Å². The smallest absolute Gasteiger partial charge is 0.390 e. The summed E-state index contributed by atoms with van der Waals surface area (Å²) in [7, 11) is 0. The Bertz CT molecular complexity index is 502. The summed E-state index contributed by atoms with van der Waals surface area (Å²) in [4.78, 5) is 15.5. The number of piperidine rings is 1. The zero-order valence-corrected chi connectivity index (χ0v) is 11.4. The summed E-state index contributed by atoms with van der Waals surface area (Å²) < 4.78 is 37.0. The van der Waals surface area contributed by atoms with Gasteiger partial charge in [-0.25, -0.2) is 4.79 Å². The van der Waals surface area contributed by atoms with Crippen molar-refractivity contribution in [2.24, 2.45) is 0 Å². The minimum Gasteiger partial charge on any atom is -0.390 e. The van der Waals surface area contributed by atoms with Crippen molar-refractivity contribution in [1.82, 2.24) is 5.06 Å². The van der Waals surface area contributed by atoms with E-state index in [0.29, 0.717) is 5.56 Å². The number of hydrogen-bond donors (Lipinski definition) is 1. The Kier molecular flexibility index (Phi) is 4.25. The van der Waals surface area contributed by atoms with Crippen molar-refractivity contribution in [3.8, 4) is 0 Å². The lowest BCUT2D eigenvalue weighted by Gasteiger charge is -2.41. The van der Waals surface area contributed by atoms with Gasteiger partial charge in [-0.3, -0.25) is 0 Å². The van der Waals surface area contributed by atoms with E-state index in [1.165, 1.54) is 0 Å². The van der Waals surface area contributed by atoms with E-state index in [1.807, 2.05) is 0 Å². The van der Waals surface area contributed by atoms with Gasteiger partial charge in [-0.1, -0.05) is 30.3 Å². The molecule has 1 aliphatic rings. The van der Waals surface area contributed by atoms with E-state index in [1.54, 1.807) is 37.3 Å². The quantitative estimate of drug-likeness (QED) is 0.912. The first-order valence-corrected chi connectivity index (χ1v) is 6.52. The summed E-state index contributed by atoms with van der Waals surface area (Å²) in [5.41, 5.74) is -0.325. The second-order valence-corrected chi connectivity index (χ2v) is 5.39. The molecule has 21 heavy (non-hydrogen) atoms. The van der Waals surface area contributed by atoms with Gasteiger partial charge in [-0.2, -0.15) is 13.2 Å². The van der Waals surface area contributed by atoms with Crippen LogP contribution < -0.4 is 0 Å².